The van der Waals surface area contributed by atoms with Gasteiger partial charge in [0, 0.05) is 12.5 Å². The lowest BCUT2D eigenvalue weighted by Gasteiger charge is -2.17. The first-order valence-electron chi connectivity index (χ1n) is 5.23. The van der Waals surface area contributed by atoms with Crippen molar-refractivity contribution in [2.24, 2.45) is 5.84 Å². The van der Waals surface area contributed by atoms with Crippen molar-refractivity contribution < 1.29 is 22.3 Å². The summed E-state index contributed by atoms with van der Waals surface area (Å²) in [5.41, 5.74) is 2.60. The summed E-state index contributed by atoms with van der Waals surface area (Å²) in [5, 5.41) is 0. The number of methoxy groups -OCH3 is 1. The van der Waals surface area contributed by atoms with Crippen molar-refractivity contribution >= 4 is 0 Å². The van der Waals surface area contributed by atoms with E-state index in [0.29, 0.717) is 5.56 Å². The van der Waals surface area contributed by atoms with Crippen LogP contribution in [0.25, 0.3) is 0 Å². The van der Waals surface area contributed by atoms with Gasteiger partial charge < -0.3 is 4.74 Å². The Kier molecular flexibility index (Phi) is 4.92. The molecule has 1 rings (SSSR count). The minimum absolute atomic E-state index is 0.0327. The SMILES string of the molecule is COc1ccc(C(CCC(F)(F)F)NN)cc1F. The van der Waals surface area contributed by atoms with Gasteiger partial charge in [0.1, 0.15) is 0 Å². The number of hydrazine groups is 1. The third-order valence-corrected chi connectivity index (χ3v) is 2.50. The van der Waals surface area contributed by atoms with Gasteiger partial charge in [0.05, 0.1) is 7.11 Å². The molecule has 0 radical (unpaired) electrons. The van der Waals surface area contributed by atoms with Crippen molar-refractivity contribution in [1.82, 2.24) is 5.43 Å². The predicted octanol–water partition coefficient (Wildman–Crippen LogP) is 2.68. The van der Waals surface area contributed by atoms with Crippen molar-refractivity contribution in [2.75, 3.05) is 7.11 Å². The first kappa shape index (κ1) is 14.7. The largest absolute Gasteiger partial charge is 0.494 e. The van der Waals surface area contributed by atoms with Gasteiger partial charge in [-0.25, -0.2) is 4.39 Å². The standard InChI is InChI=1S/C11H14F4N2O/c1-18-10-3-2-7(6-8(10)12)9(17-16)4-5-11(13,14)15/h2-3,6,9,17H,4-5,16H2,1H3. The number of alkyl halides is 3. The molecule has 0 aromatic heterocycles. The molecule has 7 heteroatoms. The van der Waals surface area contributed by atoms with Gasteiger partial charge in [0.25, 0.3) is 0 Å². The number of hydrogen-bond donors (Lipinski definition) is 2. The lowest BCUT2D eigenvalue weighted by atomic mass is 10.0. The first-order valence-corrected chi connectivity index (χ1v) is 5.23. The number of halogens is 4. The van der Waals surface area contributed by atoms with Crippen LogP contribution in [-0.4, -0.2) is 13.3 Å². The fourth-order valence-electron chi connectivity index (χ4n) is 1.55. The van der Waals surface area contributed by atoms with Crippen LogP contribution in [0, 0.1) is 5.82 Å². The summed E-state index contributed by atoms with van der Waals surface area (Å²) < 4.78 is 54.4. The van der Waals surface area contributed by atoms with Crippen LogP contribution in [0.5, 0.6) is 5.75 Å². The average Bonchev–Trinajstić information content (AvgIpc) is 2.28. The third kappa shape index (κ3) is 4.15. The molecule has 0 aliphatic carbocycles. The second kappa shape index (κ2) is 6.01. The molecule has 0 bridgehead atoms. The number of nitrogens with one attached hydrogen (secondary N) is 1. The fourth-order valence-corrected chi connectivity index (χ4v) is 1.55. The van der Waals surface area contributed by atoms with E-state index >= 15 is 0 Å². The topological polar surface area (TPSA) is 47.3 Å². The van der Waals surface area contributed by atoms with E-state index in [4.69, 9.17) is 10.6 Å². The van der Waals surface area contributed by atoms with Gasteiger partial charge in [-0.2, -0.15) is 13.2 Å². The van der Waals surface area contributed by atoms with E-state index in [1.807, 2.05) is 0 Å². The highest BCUT2D eigenvalue weighted by Crippen LogP contribution is 2.29. The minimum Gasteiger partial charge on any atom is -0.494 e. The zero-order valence-electron chi connectivity index (χ0n) is 9.72. The Morgan fingerprint density at radius 1 is 1.39 bits per heavy atom. The third-order valence-electron chi connectivity index (χ3n) is 2.50. The van der Waals surface area contributed by atoms with Crippen molar-refractivity contribution in [3.63, 3.8) is 0 Å². The highest BCUT2D eigenvalue weighted by Gasteiger charge is 2.28. The van der Waals surface area contributed by atoms with E-state index in [1.165, 1.54) is 19.2 Å². The highest BCUT2D eigenvalue weighted by atomic mass is 19.4. The van der Waals surface area contributed by atoms with Crippen LogP contribution >= 0.6 is 0 Å². The maximum Gasteiger partial charge on any atom is 0.389 e. The zero-order chi connectivity index (χ0) is 13.8. The molecule has 0 spiro atoms. The molecular formula is C11H14F4N2O. The number of hydrogen-bond acceptors (Lipinski definition) is 3. The Bertz CT molecular complexity index is 395. The summed E-state index contributed by atoms with van der Waals surface area (Å²) in [6.45, 7) is 0. The second-order valence-corrected chi connectivity index (χ2v) is 3.77. The second-order valence-electron chi connectivity index (χ2n) is 3.77. The van der Waals surface area contributed by atoms with Crippen LogP contribution in [0.3, 0.4) is 0 Å². The zero-order valence-corrected chi connectivity index (χ0v) is 9.72. The monoisotopic (exact) mass is 266 g/mol. The molecular weight excluding hydrogens is 252 g/mol. The maximum atomic E-state index is 13.4. The molecule has 102 valence electrons. The number of rotatable bonds is 5. The molecule has 1 aromatic rings. The normalized spacial score (nSPS) is 13.4. The van der Waals surface area contributed by atoms with E-state index < -0.39 is 24.5 Å². The number of nitrogens with two attached hydrogens (primary N) is 1. The number of ether oxygens (including phenoxy) is 1. The van der Waals surface area contributed by atoms with Gasteiger partial charge in [-0.05, 0) is 24.1 Å². The molecule has 0 amide bonds. The van der Waals surface area contributed by atoms with Crippen molar-refractivity contribution in [3.05, 3.63) is 29.6 Å². The van der Waals surface area contributed by atoms with Crippen molar-refractivity contribution in [2.45, 2.75) is 25.1 Å². The molecule has 0 aliphatic heterocycles. The van der Waals surface area contributed by atoms with Gasteiger partial charge in [-0.1, -0.05) is 6.07 Å². The van der Waals surface area contributed by atoms with Gasteiger partial charge in [-0.15, -0.1) is 0 Å². The average molecular weight is 266 g/mol. The van der Waals surface area contributed by atoms with Crippen LogP contribution < -0.4 is 16.0 Å². The summed E-state index contributed by atoms with van der Waals surface area (Å²) in [6, 6.07) is 3.18. The van der Waals surface area contributed by atoms with E-state index in [0.717, 1.165) is 6.07 Å². The Morgan fingerprint density at radius 2 is 2.06 bits per heavy atom. The van der Waals surface area contributed by atoms with Crippen LogP contribution in [0.2, 0.25) is 0 Å². The molecule has 0 saturated carbocycles. The van der Waals surface area contributed by atoms with Gasteiger partial charge >= 0.3 is 6.18 Å². The quantitative estimate of drug-likeness (QED) is 0.489. The van der Waals surface area contributed by atoms with E-state index in [9.17, 15) is 17.6 Å². The summed E-state index contributed by atoms with van der Waals surface area (Å²) in [7, 11) is 1.31. The summed E-state index contributed by atoms with van der Waals surface area (Å²) >= 11 is 0. The molecule has 0 heterocycles. The smallest absolute Gasteiger partial charge is 0.389 e. The maximum absolute atomic E-state index is 13.4. The molecule has 0 aliphatic rings. The van der Waals surface area contributed by atoms with Gasteiger partial charge in [-0.3, -0.25) is 11.3 Å². The summed E-state index contributed by atoms with van der Waals surface area (Å²) in [6.07, 6.45) is -5.51. The van der Waals surface area contributed by atoms with Gasteiger partial charge in [0.15, 0.2) is 11.6 Å². The molecule has 18 heavy (non-hydrogen) atoms. The van der Waals surface area contributed by atoms with Gasteiger partial charge in [0.2, 0.25) is 0 Å². The Morgan fingerprint density at radius 3 is 2.50 bits per heavy atom. The predicted molar refractivity (Wildman–Crippen MR) is 58.3 cm³/mol. The van der Waals surface area contributed by atoms with E-state index in [-0.39, 0.29) is 12.2 Å². The molecule has 0 saturated heterocycles. The lowest BCUT2D eigenvalue weighted by molar-refractivity contribution is -0.136. The first-order chi connectivity index (χ1) is 8.37. The Balaban J connectivity index is 2.79. The fraction of sp³-hybridized carbons (Fsp3) is 0.455. The highest BCUT2D eigenvalue weighted by molar-refractivity contribution is 5.30. The van der Waals surface area contributed by atoms with E-state index in [2.05, 4.69) is 5.43 Å². The lowest BCUT2D eigenvalue weighted by Crippen LogP contribution is -2.29. The van der Waals surface area contributed by atoms with Crippen LogP contribution in [0.1, 0.15) is 24.4 Å². The molecule has 1 atom stereocenters. The molecule has 3 N–H and O–H groups in total. The van der Waals surface area contributed by atoms with Crippen LogP contribution in [-0.2, 0) is 0 Å². The number of benzene rings is 1. The molecule has 0 fully saturated rings. The van der Waals surface area contributed by atoms with Crippen LogP contribution in [0.15, 0.2) is 18.2 Å². The molecule has 1 unspecified atom stereocenters. The van der Waals surface area contributed by atoms with Crippen molar-refractivity contribution in [1.29, 1.82) is 0 Å². The Labute approximate surface area is 102 Å². The minimum atomic E-state index is -4.26. The van der Waals surface area contributed by atoms with E-state index in [1.54, 1.807) is 0 Å². The molecule has 1 aromatic carbocycles. The van der Waals surface area contributed by atoms with Crippen molar-refractivity contribution in [3.8, 4) is 5.75 Å². The summed E-state index contributed by atoms with van der Waals surface area (Å²) in [5.74, 6) is 4.58. The Hall–Kier alpha value is -1.34. The van der Waals surface area contributed by atoms with Crippen LogP contribution in [0.4, 0.5) is 17.6 Å². The summed E-state index contributed by atoms with van der Waals surface area (Å²) in [4.78, 5) is 0. The molecule has 3 nitrogen and oxygen atoms in total.